The fraction of sp³-hybridized carbons (Fsp3) is 0.667. The van der Waals surface area contributed by atoms with Gasteiger partial charge in [0.05, 0.1) is 0 Å². The van der Waals surface area contributed by atoms with E-state index in [9.17, 15) is 0 Å². The standard InChI is InChI=1S/C15H25N3O/c1-18(9-4-13-2-7-17-8-3-13)15(12-16)14-5-10-19-11-6-14/h2-3,7-8,14-15H,4-6,9-12,16H2,1H3. The van der Waals surface area contributed by atoms with Gasteiger partial charge in [-0.15, -0.1) is 0 Å². The zero-order valence-corrected chi connectivity index (χ0v) is 11.8. The molecule has 2 rings (SSSR count). The maximum absolute atomic E-state index is 5.98. The first-order chi connectivity index (χ1) is 9.31. The summed E-state index contributed by atoms with van der Waals surface area (Å²) in [7, 11) is 2.19. The molecular formula is C15H25N3O. The van der Waals surface area contributed by atoms with Crippen LogP contribution in [0, 0.1) is 5.92 Å². The van der Waals surface area contributed by atoms with Crippen LogP contribution >= 0.6 is 0 Å². The topological polar surface area (TPSA) is 51.4 Å². The van der Waals surface area contributed by atoms with Crippen LogP contribution in [0.3, 0.4) is 0 Å². The summed E-state index contributed by atoms with van der Waals surface area (Å²) in [6, 6.07) is 4.64. The second-order valence-corrected chi connectivity index (χ2v) is 5.34. The summed E-state index contributed by atoms with van der Waals surface area (Å²) in [4.78, 5) is 6.46. The van der Waals surface area contributed by atoms with Crippen molar-refractivity contribution in [1.29, 1.82) is 0 Å². The number of pyridine rings is 1. The summed E-state index contributed by atoms with van der Waals surface area (Å²) in [5.41, 5.74) is 7.32. The number of aromatic nitrogens is 1. The molecule has 1 aliphatic rings. The van der Waals surface area contributed by atoms with E-state index in [4.69, 9.17) is 10.5 Å². The second kappa shape index (κ2) is 7.58. The molecule has 4 heteroatoms. The number of nitrogens with zero attached hydrogens (tertiary/aromatic N) is 2. The molecule has 0 bridgehead atoms. The highest BCUT2D eigenvalue weighted by atomic mass is 16.5. The van der Waals surface area contributed by atoms with Gasteiger partial charge in [0.1, 0.15) is 0 Å². The first kappa shape index (κ1) is 14.4. The van der Waals surface area contributed by atoms with Crippen molar-refractivity contribution in [3.05, 3.63) is 30.1 Å². The van der Waals surface area contributed by atoms with Crippen LogP contribution in [0.5, 0.6) is 0 Å². The predicted octanol–water partition coefficient (Wildman–Crippen LogP) is 1.31. The van der Waals surface area contributed by atoms with Gasteiger partial charge in [-0.2, -0.15) is 0 Å². The largest absolute Gasteiger partial charge is 0.381 e. The first-order valence-corrected chi connectivity index (χ1v) is 7.18. The van der Waals surface area contributed by atoms with Gasteiger partial charge < -0.3 is 15.4 Å². The van der Waals surface area contributed by atoms with E-state index in [1.807, 2.05) is 12.4 Å². The van der Waals surface area contributed by atoms with Crippen molar-refractivity contribution in [1.82, 2.24) is 9.88 Å². The Morgan fingerprint density at radius 3 is 2.68 bits per heavy atom. The molecule has 0 amide bonds. The van der Waals surface area contributed by atoms with Crippen LogP contribution < -0.4 is 5.73 Å². The quantitative estimate of drug-likeness (QED) is 0.841. The smallest absolute Gasteiger partial charge is 0.0469 e. The highest BCUT2D eigenvalue weighted by Crippen LogP contribution is 2.21. The van der Waals surface area contributed by atoms with Crippen molar-refractivity contribution in [3.8, 4) is 0 Å². The van der Waals surface area contributed by atoms with E-state index in [1.54, 1.807) is 0 Å². The van der Waals surface area contributed by atoms with Crippen LogP contribution in [-0.4, -0.2) is 49.3 Å². The van der Waals surface area contributed by atoms with Gasteiger partial charge in [-0.1, -0.05) is 0 Å². The van der Waals surface area contributed by atoms with Crippen molar-refractivity contribution >= 4 is 0 Å². The van der Waals surface area contributed by atoms with Crippen LogP contribution in [0.2, 0.25) is 0 Å². The van der Waals surface area contributed by atoms with Gasteiger partial charge in [0.25, 0.3) is 0 Å². The molecule has 0 spiro atoms. The van der Waals surface area contributed by atoms with E-state index in [-0.39, 0.29) is 0 Å². The van der Waals surface area contributed by atoms with Gasteiger partial charge in [-0.3, -0.25) is 4.98 Å². The first-order valence-electron chi connectivity index (χ1n) is 7.18. The molecule has 0 radical (unpaired) electrons. The van der Waals surface area contributed by atoms with Crippen LogP contribution in [0.4, 0.5) is 0 Å². The average molecular weight is 263 g/mol. The third-order valence-electron chi connectivity index (χ3n) is 4.12. The van der Waals surface area contributed by atoms with Gasteiger partial charge in [0.15, 0.2) is 0 Å². The lowest BCUT2D eigenvalue weighted by atomic mass is 9.90. The molecule has 1 aliphatic heterocycles. The Morgan fingerprint density at radius 2 is 2.05 bits per heavy atom. The SMILES string of the molecule is CN(CCc1ccncc1)C(CN)C1CCOCC1. The maximum Gasteiger partial charge on any atom is 0.0469 e. The zero-order chi connectivity index (χ0) is 13.5. The van der Waals surface area contributed by atoms with E-state index in [0.29, 0.717) is 12.0 Å². The lowest BCUT2D eigenvalue weighted by Crippen LogP contribution is -2.46. The molecule has 0 aliphatic carbocycles. The predicted molar refractivity (Wildman–Crippen MR) is 77.0 cm³/mol. The van der Waals surface area contributed by atoms with Crippen molar-refractivity contribution in [3.63, 3.8) is 0 Å². The summed E-state index contributed by atoms with van der Waals surface area (Å²) < 4.78 is 5.44. The van der Waals surface area contributed by atoms with Crippen molar-refractivity contribution < 1.29 is 4.74 Å². The monoisotopic (exact) mass is 263 g/mol. The minimum atomic E-state index is 0.478. The van der Waals surface area contributed by atoms with Gasteiger partial charge in [0.2, 0.25) is 0 Å². The number of hydrogen-bond donors (Lipinski definition) is 1. The van der Waals surface area contributed by atoms with Crippen LogP contribution in [-0.2, 0) is 11.2 Å². The van der Waals surface area contributed by atoms with E-state index in [0.717, 1.165) is 45.6 Å². The highest BCUT2D eigenvalue weighted by Gasteiger charge is 2.25. The summed E-state index contributed by atoms with van der Waals surface area (Å²) in [5, 5.41) is 0. The number of likely N-dealkylation sites (N-methyl/N-ethyl adjacent to an activating group) is 1. The third kappa shape index (κ3) is 4.27. The van der Waals surface area contributed by atoms with E-state index in [2.05, 4.69) is 29.1 Å². The lowest BCUT2D eigenvalue weighted by molar-refractivity contribution is 0.0340. The Hall–Kier alpha value is -0.970. The van der Waals surface area contributed by atoms with Crippen LogP contribution in [0.25, 0.3) is 0 Å². The Kier molecular flexibility index (Phi) is 5.76. The summed E-state index contributed by atoms with van der Waals surface area (Å²) >= 11 is 0. The van der Waals surface area contributed by atoms with E-state index in [1.165, 1.54) is 5.56 Å². The normalized spacial score (nSPS) is 18.7. The molecular weight excluding hydrogens is 238 g/mol. The number of ether oxygens (including phenoxy) is 1. The zero-order valence-electron chi connectivity index (χ0n) is 11.8. The minimum absolute atomic E-state index is 0.478. The number of nitrogens with two attached hydrogens (primary N) is 1. The summed E-state index contributed by atoms with van der Waals surface area (Å²) in [6.07, 6.45) is 7.05. The fourth-order valence-corrected chi connectivity index (χ4v) is 2.85. The van der Waals surface area contributed by atoms with Gasteiger partial charge >= 0.3 is 0 Å². The Bertz CT molecular complexity index is 352. The maximum atomic E-state index is 5.98. The Morgan fingerprint density at radius 1 is 1.37 bits per heavy atom. The molecule has 2 N–H and O–H groups in total. The Labute approximate surface area is 116 Å². The van der Waals surface area contributed by atoms with Crippen LogP contribution in [0.15, 0.2) is 24.5 Å². The van der Waals surface area contributed by atoms with Gasteiger partial charge in [-0.25, -0.2) is 0 Å². The third-order valence-corrected chi connectivity index (χ3v) is 4.12. The molecule has 1 fully saturated rings. The molecule has 0 saturated carbocycles. The van der Waals surface area contributed by atoms with Gasteiger partial charge in [0, 0.05) is 44.7 Å². The molecule has 2 heterocycles. The Balaban J connectivity index is 1.84. The van der Waals surface area contributed by atoms with E-state index < -0.39 is 0 Å². The minimum Gasteiger partial charge on any atom is -0.381 e. The van der Waals surface area contributed by atoms with Crippen molar-refractivity contribution in [2.24, 2.45) is 11.7 Å². The molecule has 1 saturated heterocycles. The molecule has 19 heavy (non-hydrogen) atoms. The molecule has 4 nitrogen and oxygen atoms in total. The lowest BCUT2D eigenvalue weighted by Gasteiger charge is -2.36. The van der Waals surface area contributed by atoms with E-state index >= 15 is 0 Å². The molecule has 1 unspecified atom stereocenters. The number of rotatable bonds is 6. The van der Waals surface area contributed by atoms with Crippen LogP contribution in [0.1, 0.15) is 18.4 Å². The summed E-state index contributed by atoms with van der Waals surface area (Å²) in [6.45, 7) is 3.56. The van der Waals surface area contributed by atoms with Crippen molar-refractivity contribution in [2.75, 3.05) is 33.4 Å². The molecule has 1 aromatic rings. The average Bonchev–Trinajstić information content (AvgIpc) is 2.48. The molecule has 0 aromatic carbocycles. The highest BCUT2D eigenvalue weighted by molar-refractivity contribution is 5.09. The van der Waals surface area contributed by atoms with Crippen molar-refractivity contribution in [2.45, 2.75) is 25.3 Å². The molecule has 1 aromatic heterocycles. The molecule has 106 valence electrons. The second-order valence-electron chi connectivity index (χ2n) is 5.34. The fourth-order valence-electron chi connectivity index (χ4n) is 2.85. The van der Waals surface area contributed by atoms with Gasteiger partial charge in [-0.05, 0) is 49.9 Å². The summed E-state index contributed by atoms with van der Waals surface area (Å²) in [5.74, 6) is 0.682. The molecule has 1 atom stereocenters. The number of hydrogen-bond acceptors (Lipinski definition) is 4.